The molecule has 3 N–H and O–H groups in total. The Kier molecular flexibility index (Phi) is 6.97. The van der Waals surface area contributed by atoms with Gasteiger partial charge in [-0.15, -0.1) is 11.3 Å². The van der Waals surface area contributed by atoms with Crippen LogP contribution in [0, 0.1) is 6.92 Å². The molecule has 3 rings (SSSR count). The Morgan fingerprint density at radius 2 is 1.94 bits per heavy atom. The first kappa shape index (κ1) is 22.8. The molecule has 0 saturated heterocycles. The predicted octanol–water partition coefficient (Wildman–Crippen LogP) is 3.17. The molecule has 0 saturated carbocycles. The summed E-state index contributed by atoms with van der Waals surface area (Å²) in [6.07, 6.45) is 2.25. The maximum atomic E-state index is 12.7. The number of hydrogen-bond acceptors (Lipinski definition) is 8. The van der Waals surface area contributed by atoms with Gasteiger partial charge in [0.1, 0.15) is 17.0 Å². The number of anilines is 1. The first-order valence-electron chi connectivity index (χ1n) is 9.92. The number of aryl methyl sites for hydroxylation is 1. The number of aromatic nitrogens is 2. The molecular weight excluding hydrogens is 416 g/mol. The smallest absolute Gasteiger partial charge is 0.262 e. The van der Waals surface area contributed by atoms with Gasteiger partial charge in [0.25, 0.3) is 5.91 Å². The second-order valence-electron chi connectivity index (χ2n) is 7.82. The van der Waals surface area contributed by atoms with Gasteiger partial charge in [0.15, 0.2) is 11.5 Å². The molecule has 0 aliphatic carbocycles. The van der Waals surface area contributed by atoms with Gasteiger partial charge in [0.2, 0.25) is 0 Å². The number of nitrogens with zero attached hydrogens (tertiary/aromatic N) is 2. The van der Waals surface area contributed by atoms with Gasteiger partial charge in [-0.25, -0.2) is 9.97 Å². The molecule has 0 fully saturated rings. The summed E-state index contributed by atoms with van der Waals surface area (Å²) in [5, 5.41) is 16.5. The number of fused-ring (bicyclic) bond motifs is 1. The Morgan fingerprint density at radius 1 is 1.19 bits per heavy atom. The van der Waals surface area contributed by atoms with E-state index in [0.717, 1.165) is 27.8 Å². The van der Waals surface area contributed by atoms with Crippen molar-refractivity contribution in [1.29, 1.82) is 0 Å². The van der Waals surface area contributed by atoms with Crippen LogP contribution in [0.1, 0.15) is 34.6 Å². The van der Waals surface area contributed by atoms with E-state index >= 15 is 0 Å². The number of nitrogens with one attached hydrogen (secondary N) is 2. The average molecular weight is 445 g/mol. The molecule has 9 heteroatoms. The zero-order valence-electron chi connectivity index (χ0n) is 18.4. The molecule has 166 valence electrons. The van der Waals surface area contributed by atoms with Crippen LogP contribution in [0.15, 0.2) is 24.5 Å². The number of aliphatic hydroxyl groups excluding tert-OH is 1. The third-order valence-corrected chi connectivity index (χ3v) is 6.13. The van der Waals surface area contributed by atoms with Crippen LogP contribution in [0.4, 0.5) is 5.82 Å². The van der Waals surface area contributed by atoms with Gasteiger partial charge in [-0.1, -0.05) is 6.07 Å². The normalized spacial score (nSPS) is 11.4. The summed E-state index contributed by atoms with van der Waals surface area (Å²) >= 11 is 1.32. The van der Waals surface area contributed by atoms with E-state index in [0.29, 0.717) is 28.7 Å². The van der Waals surface area contributed by atoms with Gasteiger partial charge in [-0.3, -0.25) is 4.79 Å². The van der Waals surface area contributed by atoms with Crippen LogP contribution in [0.3, 0.4) is 0 Å². The van der Waals surface area contributed by atoms with Crippen molar-refractivity contribution in [2.45, 2.75) is 32.7 Å². The van der Waals surface area contributed by atoms with E-state index in [1.165, 1.54) is 17.7 Å². The fourth-order valence-electron chi connectivity index (χ4n) is 3.19. The van der Waals surface area contributed by atoms with E-state index in [4.69, 9.17) is 9.47 Å². The third-order valence-electron chi connectivity index (χ3n) is 4.93. The fraction of sp³-hybridized carbons (Fsp3) is 0.409. The topological polar surface area (TPSA) is 106 Å². The number of methoxy groups -OCH3 is 2. The standard InChI is InChI=1S/C22H28N4O4S/c1-13-17-19(23-9-8-14-6-7-15(29-4)16(10-14)30-5)24-12-25-21(17)31-18(13)20(28)26-22(2,3)11-27/h6-7,10,12,27H,8-9,11H2,1-5H3,(H,26,28)(H,23,24,25). The molecule has 2 aromatic heterocycles. The number of aliphatic hydroxyl groups is 1. The highest BCUT2D eigenvalue weighted by molar-refractivity contribution is 7.20. The number of rotatable bonds is 9. The van der Waals surface area contributed by atoms with Crippen molar-refractivity contribution in [3.63, 3.8) is 0 Å². The summed E-state index contributed by atoms with van der Waals surface area (Å²) < 4.78 is 10.6. The number of benzene rings is 1. The molecule has 3 aromatic rings. The van der Waals surface area contributed by atoms with Crippen molar-refractivity contribution >= 4 is 33.3 Å². The van der Waals surface area contributed by atoms with E-state index in [-0.39, 0.29) is 12.5 Å². The number of hydrogen-bond donors (Lipinski definition) is 3. The van der Waals surface area contributed by atoms with Crippen molar-refractivity contribution in [3.05, 3.63) is 40.5 Å². The van der Waals surface area contributed by atoms with Crippen LogP contribution in [0.25, 0.3) is 10.2 Å². The lowest BCUT2D eigenvalue weighted by Gasteiger charge is -2.23. The Morgan fingerprint density at radius 3 is 2.61 bits per heavy atom. The zero-order chi connectivity index (χ0) is 22.6. The van der Waals surface area contributed by atoms with Crippen molar-refractivity contribution in [2.75, 3.05) is 32.7 Å². The van der Waals surface area contributed by atoms with Crippen LogP contribution in [0.2, 0.25) is 0 Å². The lowest BCUT2D eigenvalue weighted by molar-refractivity contribution is 0.0873. The van der Waals surface area contributed by atoms with Gasteiger partial charge in [0.05, 0.1) is 36.6 Å². The van der Waals surface area contributed by atoms with Gasteiger partial charge < -0.3 is 25.2 Å². The van der Waals surface area contributed by atoms with E-state index in [9.17, 15) is 9.90 Å². The average Bonchev–Trinajstić information content (AvgIpc) is 3.11. The van der Waals surface area contributed by atoms with Gasteiger partial charge >= 0.3 is 0 Å². The summed E-state index contributed by atoms with van der Waals surface area (Å²) in [6.45, 7) is 5.94. The first-order valence-corrected chi connectivity index (χ1v) is 10.7. The second-order valence-corrected chi connectivity index (χ2v) is 8.82. The van der Waals surface area contributed by atoms with E-state index in [1.807, 2.05) is 25.1 Å². The first-order chi connectivity index (χ1) is 14.8. The summed E-state index contributed by atoms with van der Waals surface area (Å²) in [6, 6.07) is 5.84. The number of thiophene rings is 1. The van der Waals surface area contributed by atoms with E-state index in [2.05, 4.69) is 20.6 Å². The Bertz CT molecular complexity index is 1080. The second kappa shape index (κ2) is 9.49. The minimum absolute atomic E-state index is 0.147. The molecule has 0 unspecified atom stereocenters. The molecule has 2 heterocycles. The highest BCUT2D eigenvalue weighted by Gasteiger charge is 2.24. The number of ether oxygens (including phenoxy) is 2. The van der Waals surface area contributed by atoms with Crippen molar-refractivity contribution in [1.82, 2.24) is 15.3 Å². The molecule has 31 heavy (non-hydrogen) atoms. The van der Waals surface area contributed by atoms with Gasteiger partial charge in [-0.2, -0.15) is 0 Å². The Labute approximate surface area is 185 Å². The number of carbonyl (C=O) groups is 1. The quantitative estimate of drug-likeness (QED) is 0.465. The molecule has 0 aliphatic heterocycles. The highest BCUT2D eigenvalue weighted by Crippen LogP contribution is 2.33. The van der Waals surface area contributed by atoms with Gasteiger partial charge in [0, 0.05) is 6.54 Å². The van der Waals surface area contributed by atoms with Crippen LogP contribution in [0.5, 0.6) is 11.5 Å². The number of amides is 1. The van der Waals surface area contributed by atoms with Crippen LogP contribution >= 0.6 is 11.3 Å². The molecule has 0 radical (unpaired) electrons. The molecule has 0 atom stereocenters. The largest absolute Gasteiger partial charge is 0.493 e. The lowest BCUT2D eigenvalue weighted by Crippen LogP contribution is -2.46. The molecule has 1 amide bonds. The Balaban J connectivity index is 1.77. The lowest BCUT2D eigenvalue weighted by atomic mass is 10.1. The summed E-state index contributed by atoms with van der Waals surface area (Å²) in [5.41, 5.74) is 1.22. The zero-order valence-corrected chi connectivity index (χ0v) is 19.2. The molecule has 8 nitrogen and oxygen atoms in total. The van der Waals surface area contributed by atoms with E-state index < -0.39 is 5.54 Å². The van der Waals surface area contributed by atoms with Crippen molar-refractivity contribution < 1.29 is 19.4 Å². The molecular formula is C22H28N4O4S. The third kappa shape index (κ3) is 5.05. The number of carbonyl (C=O) groups excluding carboxylic acids is 1. The SMILES string of the molecule is COc1ccc(CCNc2ncnc3sc(C(=O)NC(C)(C)CO)c(C)c23)cc1OC. The predicted molar refractivity (Wildman–Crippen MR) is 123 cm³/mol. The minimum atomic E-state index is -0.703. The fourth-order valence-corrected chi connectivity index (χ4v) is 4.23. The highest BCUT2D eigenvalue weighted by atomic mass is 32.1. The monoisotopic (exact) mass is 444 g/mol. The molecule has 0 aliphatic rings. The summed E-state index contributed by atoms with van der Waals surface area (Å²) in [4.78, 5) is 22.8. The van der Waals surface area contributed by atoms with Crippen LogP contribution in [-0.2, 0) is 6.42 Å². The minimum Gasteiger partial charge on any atom is -0.493 e. The summed E-state index contributed by atoms with van der Waals surface area (Å²) in [7, 11) is 3.23. The maximum absolute atomic E-state index is 12.7. The maximum Gasteiger partial charge on any atom is 0.262 e. The van der Waals surface area contributed by atoms with Crippen LogP contribution < -0.4 is 20.1 Å². The van der Waals surface area contributed by atoms with Crippen molar-refractivity contribution in [2.24, 2.45) is 0 Å². The Hall–Kier alpha value is -2.91. The molecule has 0 spiro atoms. The molecule has 1 aromatic carbocycles. The van der Waals surface area contributed by atoms with Crippen molar-refractivity contribution in [3.8, 4) is 11.5 Å². The van der Waals surface area contributed by atoms with Crippen LogP contribution in [-0.4, -0.2) is 53.9 Å². The summed E-state index contributed by atoms with van der Waals surface area (Å²) in [5.74, 6) is 1.86. The van der Waals surface area contributed by atoms with E-state index in [1.54, 1.807) is 28.1 Å². The van der Waals surface area contributed by atoms with Gasteiger partial charge in [-0.05, 0) is 50.5 Å². The molecule has 0 bridgehead atoms.